The number of carbonyl (C=O) groups excluding carboxylic acids is 1. The van der Waals surface area contributed by atoms with Crippen molar-refractivity contribution in [1.29, 1.82) is 0 Å². The van der Waals surface area contributed by atoms with Crippen LogP contribution in [0.2, 0.25) is 0 Å². The minimum Gasteiger partial charge on any atom is -0.469 e. The van der Waals surface area contributed by atoms with Crippen LogP contribution in [0.4, 0.5) is 4.39 Å². The van der Waals surface area contributed by atoms with Crippen molar-refractivity contribution in [3.05, 3.63) is 29.8 Å². The van der Waals surface area contributed by atoms with Crippen LogP contribution < -0.4 is 0 Å². The van der Waals surface area contributed by atoms with Gasteiger partial charge in [0.2, 0.25) is 5.95 Å². The van der Waals surface area contributed by atoms with Gasteiger partial charge in [-0.3, -0.25) is 4.79 Å². The van der Waals surface area contributed by atoms with Crippen LogP contribution in [0, 0.1) is 5.95 Å². The molecule has 88 valence electrons. The highest BCUT2D eigenvalue weighted by molar-refractivity contribution is 5.69. The largest absolute Gasteiger partial charge is 0.469 e. The van der Waals surface area contributed by atoms with E-state index in [1.165, 1.54) is 19.2 Å². The molecule has 0 bridgehead atoms. The van der Waals surface area contributed by atoms with Crippen LogP contribution in [-0.4, -0.2) is 34.4 Å². The molecule has 0 aliphatic heterocycles. The number of rotatable bonds is 4. The Bertz CT molecular complexity index is 372. The number of hydrogen-bond acceptors (Lipinski definition) is 5. The average molecular weight is 229 g/mol. The van der Waals surface area contributed by atoms with E-state index in [1.54, 1.807) is 0 Å². The fourth-order valence-corrected chi connectivity index (χ4v) is 1.15. The molecule has 6 heteroatoms. The van der Waals surface area contributed by atoms with Crippen molar-refractivity contribution in [2.75, 3.05) is 7.11 Å². The second-order valence-electron chi connectivity index (χ2n) is 3.18. The summed E-state index contributed by atoms with van der Waals surface area (Å²) in [6, 6.07) is 3.82. The Kier molecular flexibility index (Phi) is 4.33. The summed E-state index contributed by atoms with van der Waals surface area (Å²) in [6.07, 6.45) is -3.17. The summed E-state index contributed by atoms with van der Waals surface area (Å²) in [5, 5.41) is 19.0. The average Bonchev–Trinajstić information content (AvgIpc) is 2.27. The maximum Gasteiger partial charge on any atom is 0.308 e. The molecule has 1 aromatic heterocycles. The van der Waals surface area contributed by atoms with Gasteiger partial charge in [0.25, 0.3) is 0 Å². The summed E-state index contributed by atoms with van der Waals surface area (Å²) >= 11 is 0. The third-order valence-electron chi connectivity index (χ3n) is 2.01. The summed E-state index contributed by atoms with van der Waals surface area (Å²) in [4.78, 5) is 14.2. The Labute approximate surface area is 91.5 Å². The van der Waals surface area contributed by atoms with Gasteiger partial charge in [0, 0.05) is 0 Å². The highest BCUT2D eigenvalue weighted by Crippen LogP contribution is 2.17. The van der Waals surface area contributed by atoms with E-state index in [4.69, 9.17) is 0 Å². The van der Waals surface area contributed by atoms with Crippen LogP contribution in [0.3, 0.4) is 0 Å². The molecular formula is C10H12FNO4. The number of carbonyl (C=O) groups is 1. The molecular weight excluding hydrogens is 217 g/mol. The topological polar surface area (TPSA) is 79.7 Å². The Morgan fingerprint density at radius 2 is 2.25 bits per heavy atom. The van der Waals surface area contributed by atoms with E-state index in [0.717, 1.165) is 6.07 Å². The van der Waals surface area contributed by atoms with E-state index in [0.29, 0.717) is 0 Å². The van der Waals surface area contributed by atoms with E-state index in [9.17, 15) is 19.4 Å². The van der Waals surface area contributed by atoms with Crippen LogP contribution in [0.15, 0.2) is 18.2 Å². The molecule has 5 nitrogen and oxygen atoms in total. The Morgan fingerprint density at radius 3 is 2.81 bits per heavy atom. The van der Waals surface area contributed by atoms with E-state index >= 15 is 0 Å². The first-order valence-electron chi connectivity index (χ1n) is 4.60. The fourth-order valence-electron chi connectivity index (χ4n) is 1.15. The molecule has 0 radical (unpaired) electrons. The summed E-state index contributed by atoms with van der Waals surface area (Å²) in [5.74, 6) is -1.43. The highest BCUT2D eigenvalue weighted by Gasteiger charge is 2.23. The molecule has 2 N–H and O–H groups in total. The molecule has 0 fully saturated rings. The number of hydrogen-bond donors (Lipinski definition) is 2. The molecule has 0 saturated heterocycles. The van der Waals surface area contributed by atoms with Crippen LogP contribution in [-0.2, 0) is 9.53 Å². The number of methoxy groups -OCH3 is 1. The van der Waals surface area contributed by atoms with E-state index in [2.05, 4.69) is 9.72 Å². The zero-order valence-corrected chi connectivity index (χ0v) is 8.63. The monoisotopic (exact) mass is 229 g/mol. The number of halogens is 1. The van der Waals surface area contributed by atoms with Gasteiger partial charge in [-0.25, -0.2) is 4.98 Å². The standard InChI is InChI=1S/C10H12FNO4/c1-16-9(14)5-7(13)10(15)6-3-2-4-8(11)12-6/h2-4,7,10,13,15H,5H2,1H3. The van der Waals surface area contributed by atoms with E-state index in [1.807, 2.05) is 0 Å². The summed E-state index contributed by atoms with van der Waals surface area (Å²) < 4.78 is 17.1. The summed E-state index contributed by atoms with van der Waals surface area (Å²) in [7, 11) is 1.17. The summed E-state index contributed by atoms with van der Waals surface area (Å²) in [5.41, 5.74) is -0.0311. The summed E-state index contributed by atoms with van der Waals surface area (Å²) in [6.45, 7) is 0. The lowest BCUT2D eigenvalue weighted by atomic mass is 10.1. The third-order valence-corrected chi connectivity index (χ3v) is 2.01. The Morgan fingerprint density at radius 1 is 1.56 bits per heavy atom. The van der Waals surface area contributed by atoms with Gasteiger partial charge in [-0.2, -0.15) is 4.39 Å². The third kappa shape index (κ3) is 3.25. The smallest absolute Gasteiger partial charge is 0.308 e. The second kappa shape index (κ2) is 5.53. The number of aromatic nitrogens is 1. The van der Waals surface area contributed by atoms with Gasteiger partial charge >= 0.3 is 5.97 Å². The number of esters is 1. The van der Waals surface area contributed by atoms with Gasteiger partial charge in [0.15, 0.2) is 0 Å². The van der Waals surface area contributed by atoms with Crippen LogP contribution in [0.1, 0.15) is 18.2 Å². The van der Waals surface area contributed by atoms with Crippen molar-refractivity contribution in [3.8, 4) is 0 Å². The molecule has 1 rings (SSSR count). The first kappa shape index (κ1) is 12.5. The molecule has 0 spiro atoms. The quantitative estimate of drug-likeness (QED) is 0.568. The molecule has 0 amide bonds. The first-order chi connectivity index (χ1) is 7.54. The van der Waals surface area contributed by atoms with Crippen molar-refractivity contribution in [2.45, 2.75) is 18.6 Å². The first-order valence-corrected chi connectivity index (χ1v) is 4.60. The van der Waals surface area contributed by atoms with Gasteiger partial charge in [0.05, 0.1) is 25.3 Å². The minimum absolute atomic E-state index is 0.0311. The maximum atomic E-state index is 12.7. The predicted molar refractivity (Wildman–Crippen MR) is 51.8 cm³/mol. The van der Waals surface area contributed by atoms with Crippen LogP contribution in [0.5, 0.6) is 0 Å². The maximum absolute atomic E-state index is 12.7. The highest BCUT2D eigenvalue weighted by atomic mass is 19.1. The number of aliphatic hydroxyl groups is 2. The molecule has 16 heavy (non-hydrogen) atoms. The normalized spacial score (nSPS) is 14.2. The zero-order valence-electron chi connectivity index (χ0n) is 8.63. The number of ether oxygens (including phenoxy) is 1. The molecule has 0 aliphatic carbocycles. The van der Waals surface area contributed by atoms with Crippen LogP contribution >= 0.6 is 0 Å². The van der Waals surface area contributed by atoms with Gasteiger partial charge in [-0.1, -0.05) is 6.07 Å². The molecule has 0 aromatic carbocycles. The second-order valence-corrected chi connectivity index (χ2v) is 3.18. The van der Waals surface area contributed by atoms with Crippen LogP contribution in [0.25, 0.3) is 0 Å². The van der Waals surface area contributed by atoms with Gasteiger partial charge in [-0.15, -0.1) is 0 Å². The zero-order chi connectivity index (χ0) is 12.1. The lowest BCUT2D eigenvalue weighted by Gasteiger charge is -2.15. The van der Waals surface area contributed by atoms with Crippen molar-refractivity contribution in [2.24, 2.45) is 0 Å². The number of nitrogens with zero attached hydrogens (tertiary/aromatic N) is 1. The molecule has 1 aromatic rings. The van der Waals surface area contributed by atoms with Gasteiger partial charge in [0.1, 0.15) is 6.10 Å². The Hall–Kier alpha value is -1.53. The van der Waals surface area contributed by atoms with Crippen molar-refractivity contribution in [1.82, 2.24) is 4.98 Å². The van der Waals surface area contributed by atoms with Crippen molar-refractivity contribution < 1.29 is 24.1 Å². The van der Waals surface area contributed by atoms with Gasteiger partial charge < -0.3 is 14.9 Å². The molecule has 2 atom stereocenters. The molecule has 2 unspecified atom stereocenters. The molecule has 0 aliphatic rings. The predicted octanol–water partition coefficient (Wildman–Crippen LogP) is 0.178. The Balaban J connectivity index is 2.70. The molecule has 0 saturated carbocycles. The minimum atomic E-state index is -1.42. The van der Waals surface area contributed by atoms with Crippen molar-refractivity contribution in [3.63, 3.8) is 0 Å². The van der Waals surface area contributed by atoms with Crippen molar-refractivity contribution >= 4 is 5.97 Å². The lowest BCUT2D eigenvalue weighted by molar-refractivity contribution is -0.144. The number of pyridine rings is 1. The fraction of sp³-hybridized carbons (Fsp3) is 0.400. The van der Waals surface area contributed by atoms with Gasteiger partial charge in [-0.05, 0) is 12.1 Å². The number of aliphatic hydroxyl groups excluding tert-OH is 2. The van der Waals surface area contributed by atoms with E-state index in [-0.39, 0.29) is 12.1 Å². The van der Waals surface area contributed by atoms with E-state index < -0.39 is 24.1 Å². The SMILES string of the molecule is COC(=O)CC(O)C(O)c1cccc(F)n1. The lowest BCUT2D eigenvalue weighted by Crippen LogP contribution is -2.23. The molecule has 1 heterocycles.